The zero-order chi connectivity index (χ0) is 16.1. The van der Waals surface area contributed by atoms with E-state index < -0.39 is 0 Å². The molecule has 1 fully saturated rings. The van der Waals surface area contributed by atoms with Gasteiger partial charge in [0.2, 0.25) is 0 Å². The molecule has 1 heterocycles. The predicted molar refractivity (Wildman–Crippen MR) is 88.5 cm³/mol. The molecule has 0 unspecified atom stereocenters. The molecule has 6 heteroatoms. The van der Waals surface area contributed by atoms with Gasteiger partial charge in [-0.3, -0.25) is 4.57 Å². The van der Waals surface area contributed by atoms with Crippen molar-refractivity contribution in [2.45, 2.75) is 49.7 Å². The number of aromatic nitrogens is 3. The molecule has 0 spiro atoms. The first kappa shape index (κ1) is 16.0. The molecule has 23 heavy (non-hydrogen) atoms. The van der Waals surface area contributed by atoms with Crippen molar-refractivity contribution in [3.8, 4) is 17.5 Å². The normalized spacial score (nSPS) is 15.5. The van der Waals surface area contributed by atoms with Crippen molar-refractivity contribution in [3.63, 3.8) is 0 Å². The summed E-state index contributed by atoms with van der Waals surface area (Å²) < 4.78 is 16.3. The van der Waals surface area contributed by atoms with Crippen LogP contribution in [0.5, 0.6) is 0 Å². The molecule has 0 aliphatic heterocycles. The third-order valence-corrected chi connectivity index (χ3v) is 5.11. The molecule has 1 aromatic heterocycles. The Labute approximate surface area is 139 Å². The summed E-state index contributed by atoms with van der Waals surface area (Å²) in [5.74, 6) is 1.01. The van der Waals surface area contributed by atoms with Crippen LogP contribution in [-0.4, -0.2) is 20.5 Å². The summed E-state index contributed by atoms with van der Waals surface area (Å²) in [6.45, 7) is 0. The monoisotopic (exact) mass is 330 g/mol. The molecule has 3 rings (SSSR count). The number of nitriles is 1. The third-order valence-electron chi connectivity index (χ3n) is 4.16. The fraction of sp³-hybridized carbons (Fsp3) is 0.471. The highest BCUT2D eigenvalue weighted by Crippen LogP contribution is 2.36. The van der Waals surface area contributed by atoms with E-state index in [0.29, 0.717) is 29.6 Å². The van der Waals surface area contributed by atoms with Crippen LogP contribution in [0.1, 0.15) is 44.6 Å². The van der Waals surface area contributed by atoms with E-state index in [4.69, 9.17) is 5.26 Å². The van der Waals surface area contributed by atoms with E-state index in [1.165, 1.54) is 37.1 Å². The molecular formula is C17H19FN4S. The van der Waals surface area contributed by atoms with Crippen molar-refractivity contribution in [2.24, 2.45) is 0 Å². The van der Waals surface area contributed by atoms with Crippen molar-refractivity contribution in [3.05, 3.63) is 30.1 Å². The summed E-state index contributed by atoms with van der Waals surface area (Å²) in [6.07, 6.45) is 6.24. The summed E-state index contributed by atoms with van der Waals surface area (Å²) in [4.78, 5) is 0. The van der Waals surface area contributed by atoms with Gasteiger partial charge in [0.15, 0.2) is 11.0 Å². The quantitative estimate of drug-likeness (QED) is 0.594. The lowest BCUT2D eigenvalue weighted by molar-refractivity contribution is 0.339. The van der Waals surface area contributed by atoms with Crippen LogP contribution >= 0.6 is 11.8 Å². The van der Waals surface area contributed by atoms with Crippen LogP contribution in [0.15, 0.2) is 29.4 Å². The molecule has 1 aromatic carbocycles. The van der Waals surface area contributed by atoms with Crippen LogP contribution < -0.4 is 0 Å². The lowest BCUT2D eigenvalue weighted by Gasteiger charge is -2.25. The Kier molecular flexibility index (Phi) is 5.29. The Bertz CT molecular complexity index is 701. The van der Waals surface area contributed by atoms with Crippen LogP contribution in [0.2, 0.25) is 0 Å². The largest absolute Gasteiger partial charge is 0.299 e. The second-order valence-electron chi connectivity index (χ2n) is 5.70. The fourth-order valence-electron chi connectivity index (χ4n) is 3.06. The maximum Gasteiger partial charge on any atom is 0.191 e. The first-order chi connectivity index (χ1) is 11.3. The van der Waals surface area contributed by atoms with Gasteiger partial charge in [-0.05, 0) is 25.0 Å². The van der Waals surface area contributed by atoms with Crippen molar-refractivity contribution < 1.29 is 4.39 Å². The van der Waals surface area contributed by atoms with Gasteiger partial charge < -0.3 is 0 Å². The zero-order valence-electron chi connectivity index (χ0n) is 12.9. The van der Waals surface area contributed by atoms with Crippen molar-refractivity contribution >= 4 is 11.8 Å². The van der Waals surface area contributed by atoms with Gasteiger partial charge in [-0.15, -0.1) is 10.2 Å². The number of benzene rings is 1. The van der Waals surface area contributed by atoms with Crippen molar-refractivity contribution in [1.29, 1.82) is 5.26 Å². The lowest BCUT2D eigenvalue weighted by Crippen LogP contribution is -2.15. The number of thioether (sulfide) groups is 1. The Morgan fingerprint density at radius 1 is 1.22 bits per heavy atom. The van der Waals surface area contributed by atoms with Crippen molar-refractivity contribution in [2.75, 3.05) is 5.75 Å². The number of hydrogen-bond acceptors (Lipinski definition) is 4. The second-order valence-corrected chi connectivity index (χ2v) is 6.77. The maximum absolute atomic E-state index is 14.2. The predicted octanol–water partition coefficient (Wildman–Crippen LogP) is 4.60. The van der Waals surface area contributed by atoms with Crippen molar-refractivity contribution in [1.82, 2.24) is 14.8 Å². The smallest absolute Gasteiger partial charge is 0.191 e. The topological polar surface area (TPSA) is 54.5 Å². The molecule has 0 amide bonds. The van der Waals surface area contributed by atoms with E-state index in [-0.39, 0.29) is 5.82 Å². The van der Waals surface area contributed by atoms with E-state index in [0.717, 1.165) is 18.0 Å². The molecule has 2 aromatic rings. The van der Waals surface area contributed by atoms with Gasteiger partial charge in [-0.2, -0.15) is 5.26 Å². The third kappa shape index (κ3) is 3.56. The Hall–Kier alpha value is -1.87. The zero-order valence-corrected chi connectivity index (χ0v) is 13.7. The minimum atomic E-state index is -0.273. The van der Waals surface area contributed by atoms with Crippen LogP contribution in [-0.2, 0) is 0 Å². The number of halogens is 1. The van der Waals surface area contributed by atoms with Crippen LogP contribution in [0.3, 0.4) is 0 Å². The summed E-state index contributed by atoms with van der Waals surface area (Å²) in [5, 5.41) is 18.1. The first-order valence-electron chi connectivity index (χ1n) is 8.01. The molecule has 0 bridgehead atoms. The second kappa shape index (κ2) is 7.60. The minimum Gasteiger partial charge on any atom is -0.299 e. The van der Waals surface area contributed by atoms with E-state index in [1.54, 1.807) is 12.1 Å². The molecular weight excluding hydrogens is 311 g/mol. The van der Waals surface area contributed by atoms with Gasteiger partial charge in [0.25, 0.3) is 0 Å². The first-order valence-corrected chi connectivity index (χ1v) is 8.99. The molecule has 1 saturated carbocycles. The molecule has 1 aliphatic carbocycles. The highest BCUT2D eigenvalue weighted by atomic mass is 32.2. The molecule has 1 aliphatic rings. The Balaban J connectivity index is 1.98. The van der Waals surface area contributed by atoms with E-state index >= 15 is 0 Å². The molecule has 120 valence electrons. The fourth-order valence-corrected chi connectivity index (χ4v) is 3.91. The maximum atomic E-state index is 14.2. The average Bonchev–Trinajstić information content (AvgIpc) is 3.00. The van der Waals surface area contributed by atoms with E-state index in [9.17, 15) is 4.39 Å². The molecule has 0 radical (unpaired) electrons. The number of nitrogens with zero attached hydrogens (tertiary/aromatic N) is 4. The summed E-state index contributed by atoms with van der Waals surface area (Å²) >= 11 is 1.53. The number of rotatable bonds is 5. The van der Waals surface area contributed by atoms with Gasteiger partial charge in [0.05, 0.1) is 11.6 Å². The van der Waals surface area contributed by atoms with Crippen LogP contribution in [0, 0.1) is 17.1 Å². The van der Waals surface area contributed by atoms with Gasteiger partial charge in [0, 0.05) is 18.2 Å². The van der Waals surface area contributed by atoms with Gasteiger partial charge in [-0.1, -0.05) is 43.2 Å². The van der Waals surface area contributed by atoms with E-state index in [2.05, 4.69) is 20.8 Å². The highest BCUT2D eigenvalue weighted by molar-refractivity contribution is 7.99. The van der Waals surface area contributed by atoms with E-state index in [1.807, 2.05) is 6.07 Å². The Morgan fingerprint density at radius 2 is 2.00 bits per heavy atom. The molecule has 0 saturated heterocycles. The lowest BCUT2D eigenvalue weighted by atomic mass is 9.95. The van der Waals surface area contributed by atoms with Gasteiger partial charge in [-0.25, -0.2) is 4.39 Å². The van der Waals surface area contributed by atoms with Gasteiger partial charge >= 0.3 is 0 Å². The number of hydrogen-bond donors (Lipinski definition) is 0. The summed E-state index contributed by atoms with van der Waals surface area (Å²) in [6, 6.07) is 9.18. The summed E-state index contributed by atoms with van der Waals surface area (Å²) in [5.41, 5.74) is 0.498. The minimum absolute atomic E-state index is 0.273. The average molecular weight is 330 g/mol. The Morgan fingerprint density at radius 3 is 2.74 bits per heavy atom. The summed E-state index contributed by atoms with van der Waals surface area (Å²) in [7, 11) is 0. The van der Waals surface area contributed by atoms with Crippen LogP contribution in [0.25, 0.3) is 11.4 Å². The molecule has 0 atom stereocenters. The van der Waals surface area contributed by atoms with Gasteiger partial charge in [0.1, 0.15) is 5.82 Å². The van der Waals surface area contributed by atoms with Crippen LogP contribution in [0.4, 0.5) is 4.39 Å². The highest BCUT2D eigenvalue weighted by Gasteiger charge is 2.24. The molecule has 4 nitrogen and oxygen atoms in total. The SMILES string of the molecule is N#CCCSc1nnc(-c2ccccc2F)n1C1CCCCC1. The molecule has 0 N–H and O–H groups in total. The standard InChI is InChI=1S/C17H19FN4S/c18-15-10-5-4-9-14(15)16-20-21-17(23-12-6-11-19)22(16)13-7-2-1-3-8-13/h4-5,9-10,13H,1-3,6-8,12H2.